The zero-order chi connectivity index (χ0) is 14.2. The van der Waals surface area contributed by atoms with Crippen molar-refractivity contribution in [1.82, 2.24) is 4.90 Å². The highest BCUT2D eigenvalue weighted by Gasteiger charge is 2.46. The van der Waals surface area contributed by atoms with Gasteiger partial charge in [0.1, 0.15) is 0 Å². The molecule has 0 aromatic heterocycles. The highest BCUT2D eigenvalue weighted by atomic mass is 16.5. The second-order valence-electron chi connectivity index (χ2n) is 8.51. The van der Waals surface area contributed by atoms with Crippen LogP contribution in [-0.4, -0.2) is 36.2 Å². The highest BCUT2D eigenvalue weighted by Crippen LogP contribution is 2.50. The summed E-state index contributed by atoms with van der Waals surface area (Å²) in [6.45, 7) is 10.7. The average molecular weight is 279 g/mol. The second-order valence-corrected chi connectivity index (χ2v) is 8.51. The Balaban J connectivity index is 1.49. The van der Waals surface area contributed by atoms with Crippen molar-refractivity contribution >= 4 is 0 Å². The molecule has 2 saturated heterocycles. The van der Waals surface area contributed by atoms with E-state index < -0.39 is 0 Å². The van der Waals surface area contributed by atoms with Gasteiger partial charge in [0.25, 0.3) is 0 Å². The Hall–Kier alpha value is -0.0800. The quantitative estimate of drug-likeness (QED) is 0.750. The molecule has 2 heteroatoms. The fraction of sp³-hybridized carbons (Fsp3) is 1.00. The smallest absolute Gasteiger partial charge is 0.0632 e. The maximum absolute atomic E-state index is 6.03. The largest absolute Gasteiger partial charge is 0.375 e. The van der Waals surface area contributed by atoms with E-state index in [1.54, 1.807) is 0 Å². The van der Waals surface area contributed by atoms with Crippen LogP contribution in [0.2, 0.25) is 0 Å². The van der Waals surface area contributed by atoms with Gasteiger partial charge in [-0.2, -0.15) is 0 Å². The van der Waals surface area contributed by atoms with Gasteiger partial charge in [0, 0.05) is 12.6 Å². The number of ether oxygens (including phenoxy) is 1. The minimum Gasteiger partial charge on any atom is -0.375 e. The molecule has 0 unspecified atom stereocenters. The Morgan fingerprint density at radius 1 is 1.10 bits per heavy atom. The third-order valence-electron chi connectivity index (χ3n) is 6.17. The van der Waals surface area contributed by atoms with E-state index in [0.29, 0.717) is 5.41 Å². The molecule has 2 aliphatic heterocycles. The topological polar surface area (TPSA) is 12.5 Å². The Kier molecular flexibility index (Phi) is 4.16. The van der Waals surface area contributed by atoms with Crippen LogP contribution in [0.15, 0.2) is 0 Å². The lowest BCUT2D eigenvalue weighted by molar-refractivity contribution is 0.0253. The van der Waals surface area contributed by atoms with Crippen molar-refractivity contribution in [3.8, 4) is 0 Å². The number of rotatable bonds is 2. The van der Waals surface area contributed by atoms with Crippen LogP contribution in [0.3, 0.4) is 0 Å². The normalized spacial score (nSPS) is 42.1. The molecule has 1 aliphatic carbocycles. The molecule has 1 spiro atoms. The first kappa shape index (κ1) is 14.8. The van der Waals surface area contributed by atoms with Gasteiger partial charge in [-0.3, -0.25) is 0 Å². The van der Waals surface area contributed by atoms with Gasteiger partial charge in [0.2, 0.25) is 0 Å². The van der Waals surface area contributed by atoms with Crippen molar-refractivity contribution in [2.75, 3.05) is 19.7 Å². The minimum absolute atomic E-state index is 0.133. The Labute approximate surface area is 125 Å². The summed E-state index contributed by atoms with van der Waals surface area (Å²) in [5.74, 6) is 0.949. The summed E-state index contributed by atoms with van der Waals surface area (Å²) in [4.78, 5) is 2.77. The van der Waals surface area contributed by atoms with Gasteiger partial charge in [-0.1, -0.05) is 6.42 Å². The summed E-state index contributed by atoms with van der Waals surface area (Å²) < 4.78 is 6.03. The third kappa shape index (κ3) is 3.22. The predicted octanol–water partition coefficient (Wildman–Crippen LogP) is 4.24. The van der Waals surface area contributed by atoms with Crippen molar-refractivity contribution in [2.45, 2.75) is 83.8 Å². The predicted molar refractivity (Wildman–Crippen MR) is 83.9 cm³/mol. The molecule has 1 atom stereocenters. The van der Waals surface area contributed by atoms with Crippen LogP contribution in [0.1, 0.15) is 72.1 Å². The molecule has 0 amide bonds. The van der Waals surface area contributed by atoms with Crippen LogP contribution < -0.4 is 0 Å². The van der Waals surface area contributed by atoms with Crippen LogP contribution in [-0.2, 0) is 4.74 Å². The number of nitrogens with zero attached hydrogens (tertiary/aromatic N) is 1. The van der Waals surface area contributed by atoms with E-state index in [4.69, 9.17) is 4.74 Å². The van der Waals surface area contributed by atoms with E-state index in [1.165, 1.54) is 64.5 Å². The molecule has 3 rings (SSSR count). The molecule has 20 heavy (non-hydrogen) atoms. The number of piperidine rings is 1. The van der Waals surface area contributed by atoms with Gasteiger partial charge in [-0.15, -0.1) is 0 Å². The van der Waals surface area contributed by atoms with E-state index in [1.807, 2.05) is 0 Å². The first-order valence-electron chi connectivity index (χ1n) is 8.86. The molecule has 3 fully saturated rings. The molecular formula is C18H33NO. The van der Waals surface area contributed by atoms with Crippen molar-refractivity contribution in [1.29, 1.82) is 0 Å². The highest BCUT2D eigenvalue weighted by molar-refractivity contribution is 4.96. The van der Waals surface area contributed by atoms with Gasteiger partial charge < -0.3 is 9.64 Å². The Morgan fingerprint density at radius 2 is 1.85 bits per heavy atom. The molecule has 116 valence electrons. The number of hydrogen-bond acceptors (Lipinski definition) is 2. The van der Waals surface area contributed by atoms with Crippen molar-refractivity contribution in [3.05, 3.63) is 0 Å². The molecule has 1 saturated carbocycles. The summed E-state index contributed by atoms with van der Waals surface area (Å²) in [5, 5.41) is 0. The lowest BCUT2D eigenvalue weighted by Gasteiger charge is -2.41. The fourth-order valence-corrected chi connectivity index (χ4v) is 4.91. The summed E-state index contributed by atoms with van der Waals surface area (Å²) in [5.41, 5.74) is 0.668. The molecule has 0 aromatic carbocycles. The van der Waals surface area contributed by atoms with Gasteiger partial charge >= 0.3 is 0 Å². The molecule has 0 N–H and O–H groups in total. The number of likely N-dealkylation sites (tertiary alicyclic amines) is 1. The van der Waals surface area contributed by atoms with Crippen LogP contribution in [0.5, 0.6) is 0 Å². The van der Waals surface area contributed by atoms with Crippen LogP contribution in [0.4, 0.5) is 0 Å². The molecular weight excluding hydrogens is 246 g/mol. The monoisotopic (exact) mass is 279 g/mol. The van der Waals surface area contributed by atoms with E-state index in [2.05, 4.69) is 25.7 Å². The van der Waals surface area contributed by atoms with E-state index in [0.717, 1.165) is 18.6 Å². The summed E-state index contributed by atoms with van der Waals surface area (Å²) in [6.07, 6.45) is 11.2. The van der Waals surface area contributed by atoms with Gasteiger partial charge in [0.05, 0.1) is 12.2 Å². The lowest BCUT2D eigenvalue weighted by atomic mass is 9.68. The van der Waals surface area contributed by atoms with E-state index in [9.17, 15) is 0 Å². The summed E-state index contributed by atoms with van der Waals surface area (Å²) >= 11 is 0. The van der Waals surface area contributed by atoms with Crippen LogP contribution in [0.25, 0.3) is 0 Å². The SMILES string of the molecule is C[C@@H]1CCCCN1CC1CCC2(CC1)COC(C)(C)C2. The standard InChI is InChI=1S/C18H33NO/c1-15-6-4-5-11-19(15)12-16-7-9-18(10-8-16)13-17(2,3)20-14-18/h15-16H,4-14H2,1-3H3/t15-,16?,18?/m1/s1. The Bertz CT molecular complexity index is 330. The maximum Gasteiger partial charge on any atom is 0.0632 e. The molecule has 3 aliphatic rings. The van der Waals surface area contributed by atoms with Crippen molar-refractivity contribution < 1.29 is 4.74 Å². The van der Waals surface area contributed by atoms with E-state index in [-0.39, 0.29) is 5.60 Å². The maximum atomic E-state index is 6.03. The Morgan fingerprint density at radius 3 is 2.45 bits per heavy atom. The van der Waals surface area contributed by atoms with E-state index >= 15 is 0 Å². The molecule has 0 bridgehead atoms. The second kappa shape index (κ2) is 5.61. The zero-order valence-electron chi connectivity index (χ0n) is 13.8. The minimum atomic E-state index is 0.133. The summed E-state index contributed by atoms with van der Waals surface area (Å²) in [7, 11) is 0. The molecule has 2 nitrogen and oxygen atoms in total. The third-order valence-corrected chi connectivity index (χ3v) is 6.17. The lowest BCUT2D eigenvalue weighted by Crippen LogP contribution is -2.42. The summed E-state index contributed by atoms with van der Waals surface area (Å²) in [6, 6.07) is 0.827. The van der Waals surface area contributed by atoms with Crippen molar-refractivity contribution in [2.24, 2.45) is 11.3 Å². The zero-order valence-corrected chi connectivity index (χ0v) is 13.8. The van der Waals surface area contributed by atoms with Gasteiger partial charge in [-0.05, 0) is 83.6 Å². The molecule has 0 aromatic rings. The van der Waals surface area contributed by atoms with Gasteiger partial charge in [-0.25, -0.2) is 0 Å². The molecule has 2 heterocycles. The first-order valence-corrected chi connectivity index (χ1v) is 8.86. The first-order chi connectivity index (χ1) is 9.48. The average Bonchev–Trinajstić information content (AvgIpc) is 2.71. The number of hydrogen-bond donors (Lipinski definition) is 0. The van der Waals surface area contributed by atoms with Gasteiger partial charge in [0.15, 0.2) is 0 Å². The van der Waals surface area contributed by atoms with Crippen molar-refractivity contribution in [3.63, 3.8) is 0 Å². The molecule has 0 radical (unpaired) electrons. The fourth-order valence-electron chi connectivity index (χ4n) is 4.91. The van der Waals surface area contributed by atoms with Crippen LogP contribution in [0, 0.1) is 11.3 Å². The van der Waals surface area contributed by atoms with Crippen LogP contribution >= 0.6 is 0 Å².